The molecular formula is C26H34N+. The Bertz CT molecular complexity index is 1040. The molecule has 0 aliphatic heterocycles. The average molecular weight is 362 g/mol. The van der Waals surface area contributed by atoms with E-state index in [1.807, 2.05) is 0 Å². The molecule has 0 saturated heterocycles. The maximum Gasteiger partial charge on any atom is 0.220 e. The van der Waals surface area contributed by atoms with Gasteiger partial charge in [-0.25, -0.2) is 0 Å². The van der Waals surface area contributed by atoms with Crippen LogP contribution in [0.25, 0.3) is 22.0 Å². The van der Waals surface area contributed by atoms with Gasteiger partial charge in [-0.15, -0.1) is 0 Å². The van der Waals surface area contributed by atoms with Crippen LogP contribution in [0.5, 0.6) is 0 Å². The van der Waals surface area contributed by atoms with Crippen LogP contribution >= 0.6 is 0 Å². The largest absolute Gasteiger partial charge is 0.220 e. The van der Waals surface area contributed by atoms with Gasteiger partial charge in [0.1, 0.15) is 7.05 Å². The van der Waals surface area contributed by atoms with Gasteiger partial charge >= 0.3 is 0 Å². The number of aromatic nitrogens is 1. The molecule has 3 aromatic rings. The standard InChI is InChI=1S/C26H34N/c1-16(2)11-21-9-10-24-23(14-21)13-19(6)27(8)26(24)25-15-22(17(3)4)12-18(5)20(25)7/h9-10,12-17H,11H2,1-8H3/q+1/i13D. The Labute approximate surface area is 166 Å². The number of pyridine rings is 1. The van der Waals surface area contributed by atoms with Crippen molar-refractivity contribution in [1.82, 2.24) is 0 Å². The van der Waals surface area contributed by atoms with Gasteiger partial charge in [-0.3, -0.25) is 0 Å². The predicted molar refractivity (Wildman–Crippen MR) is 117 cm³/mol. The van der Waals surface area contributed by atoms with Gasteiger partial charge in [-0.05, 0) is 71.9 Å². The zero-order chi connectivity index (χ0) is 20.7. The zero-order valence-corrected chi connectivity index (χ0v) is 18.2. The molecule has 0 amide bonds. The lowest BCUT2D eigenvalue weighted by Gasteiger charge is -2.16. The first-order valence-corrected chi connectivity index (χ1v) is 10.1. The normalized spacial score (nSPS) is 12.3. The summed E-state index contributed by atoms with van der Waals surface area (Å²) in [5.74, 6) is 1.10. The van der Waals surface area contributed by atoms with Crippen LogP contribution in [0.4, 0.5) is 0 Å². The highest BCUT2D eigenvalue weighted by molar-refractivity contribution is 5.94. The molecule has 0 radical (unpaired) electrons. The number of hydrogen-bond acceptors (Lipinski definition) is 0. The minimum atomic E-state index is 0.490. The molecule has 3 rings (SSSR count). The summed E-state index contributed by atoms with van der Waals surface area (Å²) >= 11 is 0. The molecule has 0 fully saturated rings. The van der Waals surface area contributed by atoms with Crippen LogP contribution in [0.15, 0.2) is 36.4 Å². The van der Waals surface area contributed by atoms with E-state index >= 15 is 0 Å². The molecule has 1 aromatic heterocycles. The first-order chi connectivity index (χ1) is 13.1. The maximum absolute atomic E-state index is 8.75. The Kier molecular flexibility index (Phi) is 5.04. The number of nitrogens with zero attached hydrogens (tertiary/aromatic N) is 1. The Morgan fingerprint density at radius 2 is 1.70 bits per heavy atom. The van der Waals surface area contributed by atoms with E-state index in [0.29, 0.717) is 17.9 Å². The van der Waals surface area contributed by atoms with Crippen LogP contribution in [0.3, 0.4) is 0 Å². The highest BCUT2D eigenvalue weighted by atomic mass is 14.9. The molecule has 142 valence electrons. The van der Waals surface area contributed by atoms with Crippen molar-refractivity contribution < 1.29 is 5.94 Å². The van der Waals surface area contributed by atoms with E-state index in [0.717, 1.165) is 17.5 Å². The Morgan fingerprint density at radius 1 is 1.00 bits per heavy atom. The molecule has 1 nitrogen and oxygen atoms in total. The second-order valence-corrected chi connectivity index (χ2v) is 8.76. The molecular weight excluding hydrogens is 326 g/mol. The highest BCUT2D eigenvalue weighted by Gasteiger charge is 2.21. The number of hydrogen-bond donors (Lipinski definition) is 0. The van der Waals surface area contributed by atoms with Crippen molar-refractivity contribution in [3.63, 3.8) is 0 Å². The lowest BCUT2D eigenvalue weighted by atomic mass is 9.90. The van der Waals surface area contributed by atoms with Crippen molar-refractivity contribution in [3.8, 4) is 11.3 Å². The van der Waals surface area contributed by atoms with Crippen molar-refractivity contribution >= 4 is 10.8 Å². The summed E-state index contributed by atoms with van der Waals surface area (Å²) in [6.07, 6.45) is 1.05. The topological polar surface area (TPSA) is 3.88 Å². The van der Waals surface area contributed by atoms with E-state index in [1.54, 1.807) is 0 Å². The van der Waals surface area contributed by atoms with Gasteiger partial charge < -0.3 is 0 Å². The molecule has 0 spiro atoms. The Hall–Kier alpha value is -2.15. The fourth-order valence-electron chi connectivity index (χ4n) is 3.92. The summed E-state index contributed by atoms with van der Waals surface area (Å²) in [6.45, 7) is 15.5. The Balaban J connectivity index is 2.39. The van der Waals surface area contributed by atoms with E-state index < -0.39 is 0 Å². The van der Waals surface area contributed by atoms with Crippen molar-refractivity contribution in [2.75, 3.05) is 0 Å². The van der Waals surface area contributed by atoms with E-state index in [1.165, 1.54) is 38.9 Å². The molecule has 0 unspecified atom stereocenters. The quantitative estimate of drug-likeness (QED) is 0.462. The molecule has 0 bridgehead atoms. The molecule has 27 heavy (non-hydrogen) atoms. The number of aryl methyl sites for hydroxylation is 1. The van der Waals surface area contributed by atoms with E-state index in [4.69, 9.17) is 1.37 Å². The molecule has 0 aliphatic rings. The van der Waals surface area contributed by atoms with Crippen molar-refractivity contribution in [3.05, 3.63) is 64.3 Å². The van der Waals surface area contributed by atoms with Gasteiger partial charge in [-0.1, -0.05) is 45.9 Å². The Morgan fingerprint density at radius 3 is 2.33 bits per heavy atom. The van der Waals surface area contributed by atoms with Gasteiger partial charge in [-0.2, -0.15) is 4.57 Å². The van der Waals surface area contributed by atoms with Crippen LogP contribution in [-0.2, 0) is 13.5 Å². The minimum Gasteiger partial charge on any atom is -0.198 e. The molecule has 0 N–H and O–H groups in total. The van der Waals surface area contributed by atoms with Crippen molar-refractivity contribution in [2.24, 2.45) is 13.0 Å². The maximum atomic E-state index is 8.75. The lowest BCUT2D eigenvalue weighted by Crippen LogP contribution is -2.35. The van der Waals surface area contributed by atoms with Crippen molar-refractivity contribution in [1.29, 1.82) is 0 Å². The number of benzene rings is 2. The van der Waals surface area contributed by atoms with Crippen LogP contribution in [0.1, 0.15) is 62.9 Å². The fraction of sp³-hybridized carbons (Fsp3) is 0.423. The van der Waals surface area contributed by atoms with Crippen LogP contribution in [-0.4, -0.2) is 0 Å². The lowest BCUT2D eigenvalue weighted by molar-refractivity contribution is -0.665. The summed E-state index contributed by atoms with van der Waals surface area (Å²) in [5, 5.41) is 2.24. The van der Waals surface area contributed by atoms with Gasteiger partial charge in [0.05, 0.1) is 12.3 Å². The monoisotopic (exact) mass is 361 g/mol. The van der Waals surface area contributed by atoms with Gasteiger partial charge in [0.15, 0.2) is 5.69 Å². The summed E-state index contributed by atoms with van der Waals surface area (Å²) in [7, 11) is 2.10. The van der Waals surface area contributed by atoms with Gasteiger partial charge in [0.25, 0.3) is 0 Å². The fourth-order valence-corrected chi connectivity index (χ4v) is 3.92. The number of fused-ring (bicyclic) bond motifs is 1. The van der Waals surface area contributed by atoms with Gasteiger partial charge in [0, 0.05) is 13.0 Å². The number of rotatable bonds is 4. The summed E-state index contributed by atoms with van der Waals surface area (Å²) in [5.41, 5.74) is 8.87. The molecule has 0 atom stereocenters. The van der Waals surface area contributed by atoms with E-state index in [2.05, 4.69) is 90.4 Å². The minimum absolute atomic E-state index is 0.490. The third-order valence-electron chi connectivity index (χ3n) is 5.75. The van der Waals surface area contributed by atoms with Crippen molar-refractivity contribution in [2.45, 2.75) is 60.8 Å². The average Bonchev–Trinajstić information content (AvgIpc) is 2.63. The molecule has 1 heterocycles. The highest BCUT2D eigenvalue weighted by Crippen LogP contribution is 2.33. The van der Waals surface area contributed by atoms with E-state index in [-0.39, 0.29) is 0 Å². The summed E-state index contributed by atoms with van der Waals surface area (Å²) < 4.78 is 11.0. The molecule has 0 aliphatic carbocycles. The summed E-state index contributed by atoms with van der Waals surface area (Å²) in [6, 6.07) is 12.0. The van der Waals surface area contributed by atoms with Crippen LogP contribution in [0, 0.1) is 26.7 Å². The molecule has 1 heteroatoms. The van der Waals surface area contributed by atoms with Gasteiger partial charge in [0.2, 0.25) is 5.69 Å². The van der Waals surface area contributed by atoms with E-state index in [9.17, 15) is 0 Å². The second-order valence-electron chi connectivity index (χ2n) is 8.76. The smallest absolute Gasteiger partial charge is 0.198 e. The SMILES string of the molecule is [2H]c1c(C)[n+](C)c(-c2cc(C(C)C)cc(C)c2C)c2ccc(CC(C)C)cc12. The second kappa shape index (κ2) is 7.46. The molecule has 0 saturated carbocycles. The first-order valence-electron chi connectivity index (χ1n) is 10.6. The molecule has 2 aromatic carbocycles. The third-order valence-corrected chi connectivity index (χ3v) is 5.75. The predicted octanol–water partition coefficient (Wildman–Crippen LogP) is 6.58. The summed E-state index contributed by atoms with van der Waals surface area (Å²) in [4.78, 5) is 0. The van der Waals surface area contributed by atoms with Crippen LogP contribution in [0.2, 0.25) is 0 Å². The van der Waals surface area contributed by atoms with Crippen LogP contribution < -0.4 is 4.57 Å². The zero-order valence-electron chi connectivity index (χ0n) is 19.2. The third kappa shape index (κ3) is 3.78. The first kappa shape index (κ1) is 18.2.